The predicted molar refractivity (Wildman–Crippen MR) is 121 cm³/mol. The van der Waals surface area contributed by atoms with Crippen molar-refractivity contribution >= 4 is 21.8 Å². The topological polar surface area (TPSA) is 147 Å². The molecule has 2 aromatic heterocycles. The Morgan fingerprint density at radius 1 is 1.26 bits per heavy atom. The largest absolute Gasteiger partial charge is 0.471 e. The van der Waals surface area contributed by atoms with Crippen molar-refractivity contribution in [2.75, 3.05) is 19.3 Å². The summed E-state index contributed by atoms with van der Waals surface area (Å²) in [7, 11) is -3.29. The number of carbonyl (C=O) groups excluding carboxylic acids is 2. The van der Waals surface area contributed by atoms with Crippen molar-refractivity contribution in [1.82, 2.24) is 19.7 Å². The molecule has 3 heterocycles. The molecule has 0 saturated carbocycles. The molecule has 2 N–H and O–H groups in total. The fourth-order valence-corrected chi connectivity index (χ4v) is 3.98. The van der Waals surface area contributed by atoms with Crippen LogP contribution in [0.15, 0.2) is 24.7 Å². The zero-order valence-corrected chi connectivity index (χ0v) is 20.2. The Morgan fingerprint density at radius 2 is 1.97 bits per heavy atom. The van der Waals surface area contributed by atoms with Crippen LogP contribution in [0, 0.1) is 0 Å². The number of hydrogen-bond donors (Lipinski definition) is 1. The average Bonchev–Trinajstić information content (AvgIpc) is 3.14. The highest BCUT2D eigenvalue weighted by atomic mass is 32.2. The lowest BCUT2D eigenvalue weighted by Crippen LogP contribution is -2.50. The van der Waals surface area contributed by atoms with Gasteiger partial charge in [-0.2, -0.15) is 5.10 Å². The van der Waals surface area contributed by atoms with Crippen LogP contribution in [0.3, 0.4) is 0 Å². The second kappa shape index (κ2) is 9.57. The lowest BCUT2D eigenvalue weighted by Gasteiger charge is -2.35. The monoisotopic (exact) mass is 497 g/mol. The molecule has 13 heteroatoms. The van der Waals surface area contributed by atoms with Gasteiger partial charge in [-0.3, -0.25) is 9.48 Å². The molecule has 11 nitrogen and oxygen atoms in total. The van der Waals surface area contributed by atoms with Gasteiger partial charge in [-0.15, -0.1) is 0 Å². The van der Waals surface area contributed by atoms with Crippen molar-refractivity contribution < 1.29 is 31.9 Å². The standard InChI is InChI=1S/C21H28FN5O6S/c1-21(2,3)33-20(29)26-6-5-17(16(22)11-26)32-19-15(18(23)28)7-13(8-24-19)14-9-25-27(10-14)12-34(4,30)31/h7-10,16-17H,5-6,11-12H2,1-4H3,(H2,23,28)/t16-,17?/m0/s1. The van der Waals surface area contributed by atoms with Gasteiger partial charge in [-0.1, -0.05) is 0 Å². The molecule has 1 aliphatic rings. The van der Waals surface area contributed by atoms with E-state index >= 15 is 0 Å². The summed E-state index contributed by atoms with van der Waals surface area (Å²) in [5, 5.41) is 3.99. The molecule has 0 aromatic carbocycles. The summed E-state index contributed by atoms with van der Waals surface area (Å²) in [6.45, 7) is 5.17. The summed E-state index contributed by atoms with van der Waals surface area (Å²) >= 11 is 0. The number of halogens is 1. The van der Waals surface area contributed by atoms with Crippen molar-refractivity contribution in [3.05, 3.63) is 30.2 Å². The van der Waals surface area contributed by atoms with Crippen LogP contribution >= 0.6 is 0 Å². The van der Waals surface area contributed by atoms with Crippen LogP contribution in [-0.2, 0) is 20.5 Å². The van der Waals surface area contributed by atoms with Crippen molar-refractivity contribution in [3.63, 3.8) is 0 Å². The van der Waals surface area contributed by atoms with Gasteiger partial charge in [-0.25, -0.2) is 22.6 Å². The van der Waals surface area contributed by atoms with E-state index in [0.29, 0.717) is 11.1 Å². The molecule has 34 heavy (non-hydrogen) atoms. The van der Waals surface area contributed by atoms with E-state index < -0.39 is 39.7 Å². The zero-order chi connectivity index (χ0) is 25.3. The fraction of sp³-hybridized carbons (Fsp3) is 0.524. The summed E-state index contributed by atoms with van der Waals surface area (Å²) in [6.07, 6.45) is 2.50. The number of aromatic nitrogens is 3. The van der Waals surface area contributed by atoms with E-state index in [1.165, 1.54) is 34.2 Å². The van der Waals surface area contributed by atoms with E-state index in [-0.39, 0.29) is 36.8 Å². The Labute approximate surface area is 196 Å². The van der Waals surface area contributed by atoms with Gasteiger partial charge in [-0.05, 0) is 26.8 Å². The minimum absolute atomic E-state index is 0.0601. The third kappa shape index (κ3) is 6.65. The first-order valence-corrected chi connectivity index (χ1v) is 12.6. The number of hydrogen-bond acceptors (Lipinski definition) is 8. The second-order valence-corrected chi connectivity index (χ2v) is 11.3. The summed E-state index contributed by atoms with van der Waals surface area (Å²) in [6, 6.07) is 1.43. The van der Waals surface area contributed by atoms with Crippen LogP contribution in [0.2, 0.25) is 0 Å². The summed E-state index contributed by atoms with van der Waals surface area (Å²) in [5.74, 6) is -1.25. The number of likely N-dealkylation sites (tertiary alicyclic amines) is 1. The molecule has 2 aromatic rings. The lowest BCUT2D eigenvalue weighted by molar-refractivity contribution is -0.0115. The number of amides is 2. The molecule has 0 bridgehead atoms. The van der Waals surface area contributed by atoms with Crippen molar-refractivity contribution in [3.8, 4) is 17.0 Å². The number of sulfone groups is 1. The summed E-state index contributed by atoms with van der Waals surface area (Å²) < 4.78 is 49.9. The molecule has 2 amide bonds. The van der Waals surface area contributed by atoms with Crippen LogP contribution in [0.4, 0.5) is 9.18 Å². The Bertz CT molecular complexity index is 1180. The molecule has 0 radical (unpaired) electrons. The molecule has 3 rings (SSSR count). The maximum Gasteiger partial charge on any atom is 0.410 e. The maximum absolute atomic E-state index is 14.8. The number of rotatable bonds is 6. The number of alkyl halides is 1. The molecule has 1 fully saturated rings. The van der Waals surface area contributed by atoms with Gasteiger partial charge in [0.05, 0.1) is 12.7 Å². The number of primary amides is 1. The van der Waals surface area contributed by atoms with Crippen LogP contribution in [-0.4, -0.2) is 77.3 Å². The van der Waals surface area contributed by atoms with Gasteiger partial charge in [0.25, 0.3) is 5.91 Å². The minimum atomic E-state index is -3.29. The van der Waals surface area contributed by atoms with E-state index in [0.717, 1.165) is 6.26 Å². The summed E-state index contributed by atoms with van der Waals surface area (Å²) in [5.41, 5.74) is 5.70. The van der Waals surface area contributed by atoms with Gasteiger partial charge < -0.3 is 20.1 Å². The van der Waals surface area contributed by atoms with Crippen LogP contribution in [0.25, 0.3) is 11.1 Å². The number of carbonyl (C=O) groups is 2. The molecule has 0 aliphatic carbocycles. The van der Waals surface area contributed by atoms with Crippen LogP contribution in [0.1, 0.15) is 37.6 Å². The van der Waals surface area contributed by atoms with E-state index in [4.69, 9.17) is 15.2 Å². The number of nitrogens with two attached hydrogens (primary N) is 1. The summed E-state index contributed by atoms with van der Waals surface area (Å²) in [4.78, 5) is 29.6. The molecular weight excluding hydrogens is 469 g/mol. The molecular formula is C21H28FN5O6S. The van der Waals surface area contributed by atoms with Gasteiger partial charge in [0.1, 0.15) is 23.1 Å². The maximum atomic E-state index is 14.8. The van der Waals surface area contributed by atoms with Gasteiger partial charge in [0.2, 0.25) is 5.88 Å². The second-order valence-electron chi connectivity index (χ2n) is 9.15. The number of ether oxygens (including phenoxy) is 2. The normalized spacial score (nSPS) is 19.0. The lowest BCUT2D eigenvalue weighted by atomic mass is 10.1. The molecule has 1 saturated heterocycles. The fourth-order valence-electron chi connectivity index (χ4n) is 3.36. The SMILES string of the molecule is CC(C)(C)OC(=O)N1CCC(Oc2ncc(-c3cnn(CS(C)(=O)=O)c3)cc2C(N)=O)[C@@H](F)C1. The van der Waals surface area contributed by atoms with Gasteiger partial charge in [0, 0.05) is 42.7 Å². The molecule has 0 spiro atoms. The third-order valence-corrected chi connectivity index (χ3v) is 5.58. The van der Waals surface area contributed by atoms with Crippen LogP contribution < -0.4 is 10.5 Å². The molecule has 186 valence electrons. The van der Waals surface area contributed by atoms with Crippen LogP contribution in [0.5, 0.6) is 5.88 Å². The van der Waals surface area contributed by atoms with E-state index in [2.05, 4.69) is 10.1 Å². The van der Waals surface area contributed by atoms with Gasteiger partial charge >= 0.3 is 6.09 Å². The molecule has 2 atom stereocenters. The highest BCUT2D eigenvalue weighted by Gasteiger charge is 2.35. The van der Waals surface area contributed by atoms with E-state index in [1.807, 2.05) is 0 Å². The smallest absolute Gasteiger partial charge is 0.410 e. The first-order valence-electron chi connectivity index (χ1n) is 10.5. The zero-order valence-electron chi connectivity index (χ0n) is 19.4. The Hall–Kier alpha value is -3.22. The third-order valence-electron chi connectivity index (χ3n) is 4.85. The van der Waals surface area contributed by atoms with Crippen molar-refractivity contribution in [2.24, 2.45) is 5.73 Å². The Kier molecular flexibility index (Phi) is 7.15. The average molecular weight is 498 g/mol. The Morgan fingerprint density at radius 3 is 2.56 bits per heavy atom. The van der Waals surface area contributed by atoms with E-state index in [1.54, 1.807) is 20.8 Å². The number of pyridine rings is 1. The first kappa shape index (κ1) is 25.4. The van der Waals surface area contributed by atoms with Crippen molar-refractivity contribution in [1.29, 1.82) is 0 Å². The molecule has 1 aliphatic heterocycles. The number of piperidine rings is 1. The first-order chi connectivity index (χ1) is 15.7. The minimum Gasteiger partial charge on any atom is -0.471 e. The van der Waals surface area contributed by atoms with Gasteiger partial charge in [0.15, 0.2) is 16.0 Å². The quantitative estimate of drug-likeness (QED) is 0.635. The van der Waals surface area contributed by atoms with Crippen molar-refractivity contribution in [2.45, 2.75) is 50.9 Å². The molecule has 1 unspecified atom stereocenters. The Balaban J connectivity index is 1.73. The van der Waals surface area contributed by atoms with E-state index in [9.17, 15) is 22.4 Å². The predicted octanol–water partition coefficient (Wildman–Crippen LogP) is 1.77. The highest BCUT2D eigenvalue weighted by Crippen LogP contribution is 2.27. The number of nitrogens with zero attached hydrogens (tertiary/aromatic N) is 4. The highest BCUT2D eigenvalue weighted by molar-refractivity contribution is 7.89.